The molecule has 1 N–H and O–H groups in total. The highest BCUT2D eigenvalue weighted by molar-refractivity contribution is 5.48. The van der Waals surface area contributed by atoms with Crippen molar-refractivity contribution in [2.45, 2.75) is 12.8 Å². The zero-order valence-corrected chi connectivity index (χ0v) is 12.1. The van der Waals surface area contributed by atoms with E-state index in [1.54, 1.807) is 18.2 Å². The van der Waals surface area contributed by atoms with Gasteiger partial charge in [-0.1, -0.05) is 6.07 Å². The minimum atomic E-state index is -0.962. The van der Waals surface area contributed by atoms with Gasteiger partial charge in [0.15, 0.2) is 11.5 Å². The van der Waals surface area contributed by atoms with Crippen molar-refractivity contribution in [1.82, 2.24) is 0 Å². The molecule has 0 amide bonds. The van der Waals surface area contributed by atoms with Crippen molar-refractivity contribution in [3.05, 3.63) is 61.7 Å². The van der Waals surface area contributed by atoms with E-state index >= 15 is 0 Å². The van der Waals surface area contributed by atoms with Gasteiger partial charge < -0.3 is 19.0 Å². The van der Waals surface area contributed by atoms with Crippen molar-refractivity contribution in [3.8, 4) is 17.2 Å². The van der Waals surface area contributed by atoms with Crippen LogP contribution >= 0.6 is 0 Å². The van der Waals surface area contributed by atoms with E-state index in [0.29, 0.717) is 17.1 Å². The largest absolute Gasteiger partial charge is 0.507 e. The van der Waals surface area contributed by atoms with Gasteiger partial charge in [0, 0.05) is 11.0 Å². The first-order valence-corrected chi connectivity index (χ1v) is 6.80. The fraction of sp³-hybridized carbons (Fsp3) is 0.267. The fourth-order valence-corrected chi connectivity index (χ4v) is 2.57. The Balaban J connectivity index is 2.12. The van der Waals surface area contributed by atoms with Crippen LogP contribution in [0.25, 0.3) is 0 Å². The second-order valence-electron chi connectivity index (χ2n) is 5.12. The number of hydrogen-bond acceptors (Lipinski definition) is 7. The molecule has 0 spiro atoms. The van der Waals surface area contributed by atoms with Gasteiger partial charge in [0.05, 0.1) is 11.5 Å². The SMILES string of the molecule is Cc1cc(O)c([C@H](C[N+](=O)[O-])c2ccc3c(c2)OCO3)c(=O)o1. The third kappa shape index (κ3) is 2.83. The van der Waals surface area contributed by atoms with E-state index in [-0.39, 0.29) is 23.9 Å². The molecular weight excluding hydrogens is 306 g/mol. The minimum Gasteiger partial charge on any atom is -0.507 e. The van der Waals surface area contributed by atoms with Crippen LogP contribution in [0.3, 0.4) is 0 Å². The van der Waals surface area contributed by atoms with Crippen LogP contribution in [0.1, 0.15) is 22.8 Å². The summed E-state index contributed by atoms with van der Waals surface area (Å²) in [5.74, 6) is -0.109. The summed E-state index contributed by atoms with van der Waals surface area (Å²) in [7, 11) is 0. The second-order valence-corrected chi connectivity index (χ2v) is 5.12. The molecule has 3 rings (SSSR count). The van der Waals surface area contributed by atoms with Crippen LogP contribution in [-0.2, 0) is 0 Å². The molecule has 0 saturated carbocycles. The molecule has 0 saturated heterocycles. The van der Waals surface area contributed by atoms with Gasteiger partial charge in [-0.3, -0.25) is 10.1 Å². The predicted molar refractivity (Wildman–Crippen MR) is 77.6 cm³/mol. The molecule has 23 heavy (non-hydrogen) atoms. The molecule has 0 bridgehead atoms. The lowest BCUT2D eigenvalue weighted by Crippen LogP contribution is -2.21. The van der Waals surface area contributed by atoms with E-state index < -0.39 is 23.0 Å². The topological polar surface area (TPSA) is 112 Å². The number of aromatic hydroxyl groups is 1. The van der Waals surface area contributed by atoms with Crippen molar-refractivity contribution in [2.24, 2.45) is 0 Å². The smallest absolute Gasteiger partial charge is 0.343 e. The summed E-state index contributed by atoms with van der Waals surface area (Å²) in [4.78, 5) is 22.6. The Hall–Kier alpha value is -3.03. The summed E-state index contributed by atoms with van der Waals surface area (Å²) in [6.45, 7) is 1.01. The summed E-state index contributed by atoms with van der Waals surface area (Å²) in [6.07, 6.45) is 0. The molecule has 120 valence electrons. The highest BCUT2D eigenvalue weighted by Crippen LogP contribution is 2.37. The quantitative estimate of drug-likeness (QED) is 0.675. The number of fused-ring (bicyclic) bond motifs is 1. The van der Waals surface area contributed by atoms with E-state index in [9.17, 15) is 20.0 Å². The third-order valence-corrected chi connectivity index (χ3v) is 3.57. The summed E-state index contributed by atoms with van der Waals surface area (Å²) in [5, 5.41) is 21.1. The molecule has 8 heteroatoms. The molecule has 0 unspecified atom stereocenters. The molecule has 1 aliphatic rings. The highest BCUT2D eigenvalue weighted by Gasteiger charge is 2.29. The van der Waals surface area contributed by atoms with Crippen molar-refractivity contribution in [3.63, 3.8) is 0 Å². The van der Waals surface area contributed by atoms with Crippen molar-refractivity contribution in [1.29, 1.82) is 0 Å². The highest BCUT2D eigenvalue weighted by atomic mass is 16.7. The molecule has 0 aliphatic carbocycles. The summed E-state index contributed by atoms with van der Waals surface area (Å²) in [6, 6.07) is 6.03. The average molecular weight is 319 g/mol. The van der Waals surface area contributed by atoms with Crippen LogP contribution in [0.2, 0.25) is 0 Å². The standard InChI is InChI=1S/C15H13NO7/c1-8-4-11(17)14(15(18)23-8)10(6-16(19)20)9-2-3-12-13(5-9)22-7-21-12/h2-5,10,17H,6-7H2,1H3/t10-/m1/s1. The van der Waals surface area contributed by atoms with Crippen LogP contribution in [-0.4, -0.2) is 23.4 Å². The Morgan fingerprint density at radius 1 is 1.30 bits per heavy atom. The fourth-order valence-electron chi connectivity index (χ4n) is 2.57. The number of benzene rings is 1. The van der Waals surface area contributed by atoms with Crippen LogP contribution in [0, 0.1) is 17.0 Å². The molecule has 1 aliphatic heterocycles. The van der Waals surface area contributed by atoms with Crippen LogP contribution in [0.5, 0.6) is 17.2 Å². The van der Waals surface area contributed by atoms with E-state index in [1.165, 1.54) is 13.0 Å². The summed E-state index contributed by atoms with van der Waals surface area (Å²) < 4.78 is 15.4. The molecule has 2 aromatic rings. The van der Waals surface area contributed by atoms with E-state index in [1.807, 2.05) is 0 Å². The molecule has 2 heterocycles. The van der Waals surface area contributed by atoms with Crippen LogP contribution < -0.4 is 15.1 Å². The lowest BCUT2D eigenvalue weighted by Gasteiger charge is -2.14. The predicted octanol–water partition coefficient (Wildman–Crippen LogP) is 1.79. The normalized spacial score (nSPS) is 13.8. The van der Waals surface area contributed by atoms with E-state index in [0.717, 1.165) is 0 Å². The molecule has 0 radical (unpaired) electrons. The lowest BCUT2D eigenvalue weighted by molar-refractivity contribution is -0.481. The Kier molecular flexibility index (Phi) is 3.65. The lowest BCUT2D eigenvalue weighted by atomic mass is 9.91. The summed E-state index contributed by atoms with van der Waals surface area (Å²) in [5.41, 5.74) is -0.490. The number of ether oxygens (including phenoxy) is 2. The molecule has 0 fully saturated rings. The van der Waals surface area contributed by atoms with Gasteiger partial charge in [-0.25, -0.2) is 4.79 Å². The Labute approximate surface area is 130 Å². The maximum atomic E-state index is 12.1. The van der Waals surface area contributed by atoms with Crippen LogP contribution in [0.15, 0.2) is 33.5 Å². The van der Waals surface area contributed by atoms with Gasteiger partial charge in [-0.2, -0.15) is 0 Å². The van der Waals surface area contributed by atoms with Gasteiger partial charge in [0.1, 0.15) is 11.5 Å². The average Bonchev–Trinajstić information content (AvgIpc) is 2.92. The summed E-state index contributed by atoms with van der Waals surface area (Å²) >= 11 is 0. The molecule has 8 nitrogen and oxygen atoms in total. The van der Waals surface area contributed by atoms with Crippen LogP contribution in [0.4, 0.5) is 0 Å². The van der Waals surface area contributed by atoms with Gasteiger partial charge >= 0.3 is 5.63 Å². The van der Waals surface area contributed by atoms with Crippen molar-refractivity contribution in [2.75, 3.05) is 13.3 Å². The molecule has 1 atom stereocenters. The maximum absolute atomic E-state index is 12.1. The number of nitro groups is 1. The zero-order chi connectivity index (χ0) is 16.6. The molecular formula is C15H13NO7. The molecule has 1 aromatic heterocycles. The maximum Gasteiger partial charge on any atom is 0.343 e. The van der Waals surface area contributed by atoms with Crippen molar-refractivity contribution < 1.29 is 23.9 Å². The zero-order valence-electron chi connectivity index (χ0n) is 12.1. The monoisotopic (exact) mass is 319 g/mol. The number of rotatable bonds is 4. The minimum absolute atomic E-state index is 0.0661. The third-order valence-electron chi connectivity index (χ3n) is 3.57. The van der Waals surface area contributed by atoms with E-state index in [2.05, 4.69) is 0 Å². The second kappa shape index (κ2) is 5.64. The number of nitrogens with zero attached hydrogens (tertiary/aromatic N) is 1. The number of hydrogen-bond donors (Lipinski definition) is 1. The van der Waals surface area contributed by atoms with Gasteiger partial charge in [-0.05, 0) is 24.6 Å². The van der Waals surface area contributed by atoms with Gasteiger partial charge in [-0.15, -0.1) is 0 Å². The molecule has 1 aromatic carbocycles. The van der Waals surface area contributed by atoms with E-state index in [4.69, 9.17) is 13.9 Å². The van der Waals surface area contributed by atoms with Gasteiger partial charge in [0.2, 0.25) is 13.3 Å². The Morgan fingerprint density at radius 3 is 2.74 bits per heavy atom. The first kappa shape index (κ1) is 14.9. The van der Waals surface area contributed by atoms with Gasteiger partial charge in [0.25, 0.3) is 0 Å². The first-order chi connectivity index (χ1) is 11.0. The Morgan fingerprint density at radius 2 is 2.04 bits per heavy atom. The van der Waals surface area contributed by atoms with Crippen molar-refractivity contribution >= 4 is 0 Å². The first-order valence-electron chi connectivity index (χ1n) is 6.80. The Bertz CT molecular complexity index is 827. The number of aryl methyl sites for hydroxylation is 1.